The molecule has 0 aliphatic heterocycles. The number of rotatable bonds is 11. The Bertz CT molecular complexity index is 864. The maximum absolute atomic E-state index is 10.8. The van der Waals surface area contributed by atoms with Crippen molar-refractivity contribution in [2.45, 2.75) is 83.0 Å². The lowest BCUT2D eigenvalue weighted by Crippen LogP contribution is -2.23. The van der Waals surface area contributed by atoms with Crippen LogP contribution in [0.3, 0.4) is 0 Å². The molecular weight excluding hydrogens is 392 g/mol. The van der Waals surface area contributed by atoms with E-state index in [1.54, 1.807) is 0 Å². The topological polar surface area (TPSA) is 98.0 Å². The summed E-state index contributed by atoms with van der Waals surface area (Å²) in [5, 5.41) is 42.6. The minimum atomic E-state index is -0.755. The molecule has 170 valence electrons. The van der Waals surface area contributed by atoms with Gasteiger partial charge in [-0.05, 0) is 73.3 Å². The van der Waals surface area contributed by atoms with Crippen LogP contribution in [0.4, 0.5) is 0 Å². The number of carboxylic acid groups (broad SMARTS) is 1. The lowest BCUT2D eigenvalue weighted by atomic mass is 9.84. The molecule has 31 heavy (non-hydrogen) atoms. The molecule has 0 saturated heterocycles. The summed E-state index contributed by atoms with van der Waals surface area (Å²) >= 11 is 0. The molecule has 5 nitrogen and oxygen atoms in total. The van der Waals surface area contributed by atoms with E-state index in [1.165, 1.54) is 5.56 Å². The molecule has 5 atom stereocenters. The maximum atomic E-state index is 10.8. The average Bonchev–Trinajstić information content (AvgIpc) is 3.00. The van der Waals surface area contributed by atoms with Gasteiger partial charge in [0.15, 0.2) is 0 Å². The van der Waals surface area contributed by atoms with Gasteiger partial charge in [-0.25, -0.2) is 0 Å². The fourth-order valence-corrected chi connectivity index (χ4v) is 5.10. The molecule has 0 radical (unpaired) electrons. The van der Waals surface area contributed by atoms with Gasteiger partial charge in [-0.1, -0.05) is 55.2 Å². The normalized spacial score (nSPS) is 24.5. The number of aliphatic hydroxyl groups is 3. The van der Waals surface area contributed by atoms with Gasteiger partial charge in [-0.3, -0.25) is 4.79 Å². The summed E-state index contributed by atoms with van der Waals surface area (Å²) in [5.41, 5.74) is 2.10. The zero-order chi connectivity index (χ0) is 22.4. The van der Waals surface area contributed by atoms with Gasteiger partial charge in [-0.2, -0.15) is 0 Å². The molecule has 2 aromatic carbocycles. The van der Waals surface area contributed by atoms with Gasteiger partial charge in [0.1, 0.15) is 0 Å². The minimum Gasteiger partial charge on any atom is -0.481 e. The number of aliphatic hydroxyl groups excluding tert-OH is 3. The number of aryl methyl sites for hydroxylation is 1. The van der Waals surface area contributed by atoms with Gasteiger partial charge in [0.25, 0.3) is 0 Å². The van der Waals surface area contributed by atoms with Crippen molar-refractivity contribution in [2.24, 2.45) is 11.8 Å². The first-order valence-corrected chi connectivity index (χ1v) is 11.6. The molecule has 2 unspecified atom stereocenters. The van der Waals surface area contributed by atoms with E-state index in [0.29, 0.717) is 25.7 Å². The number of carbonyl (C=O) groups is 1. The molecule has 1 fully saturated rings. The number of carboxylic acids is 1. The van der Waals surface area contributed by atoms with Crippen LogP contribution < -0.4 is 0 Å². The quantitative estimate of drug-likeness (QED) is 0.387. The summed E-state index contributed by atoms with van der Waals surface area (Å²) in [6.45, 7) is 2.07. The van der Waals surface area contributed by atoms with Gasteiger partial charge in [-0.15, -0.1) is 0 Å². The number of unbranched alkanes of at least 4 members (excludes halogenated alkanes) is 3. The van der Waals surface area contributed by atoms with Gasteiger partial charge in [0.2, 0.25) is 0 Å². The predicted molar refractivity (Wildman–Crippen MR) is 122 cm³/mol. The van der Waals surface area contributed by atoms with Crippen LogP contribution in [0.5, 0.6) is 0 Å². The second kappa shape index (κ2) is 11.1. The fraction of sp³-hybridized carbons (Fsp3) is 0.577. The summed E-state index contributed by atoms with van der Waals surface area (Å²) in [6.07, 6.45) is 4.49. The highest BCUT2D eigenvalue weighted by Crippen LogP contribution is 2.40. The third-order valence-electron chi connectivity index (χ3n) is 6.88. The molecule has 0 amide bonds. The molecule has 1 aliphatic rings. The van der Waals surface area contributed by atoms with Crippen molar-refractivity contribution in [3.8, 4) is 0 Å². The number of fused-ring (bicyclic) bond motifs is 1. The van der Waals surface area contributed by atoms with Gasteiger partial charge in [0, 0.05) is 6.42 Å². The van der Waals surface area contributed by atoms with E-state index in [1.807, 2.05) is 18.2 Å². The standard InChI is InChI=1S/C26H36O5/c1-17-8-9-19-15-20(11-10-18(19)14-17)23(27)13-12-22-21(24(28)16-25(22)29)6-4-2-3-5-7-26(30)31/h8-11,14-15,21-25,27-29H,2-7,12-13,16H2,1H3,(H,30,31)/t21?,22-,23?,24+,25-/m1/s1. The SMILES string of the molecule is Cc1ccc2cc(C(O)CC[C@@H]3C(CCCCCCC(=O)O)[C@@H](O)C[C@H]3O)ccc2c1. The summed E-state index contributed by atoms with van der Waals surface area (Å²) in [5.74, 6) is -0.720. The van der Waals surface area contributed by atoms with Crippen LogP contribution in [0.2, 0.25) is 0 Å². The second-order valence-electron chi connectivity index (χ2n) is 9.25. The van der Waals surface area contributed by atoms with Crippen molar-refractivity contribution >= 4 is 16.7 Å². The molecule has 4 N–H and O–H groups in total. The molecule has 0 bridgehead atoms. The Morgan fingerprint density at radius 2 is 1.58 bits per heavy atom. The Labute approximate surface area is 184 Å². The minimum absolute atomic E-state index is 0.00762. The van der Waals surface area contributed by atoms with Crippen LogP contribution in [-0.2, 0) is 4.79 Å². The van der Waals surface area contributed by atoms with Crippen LogP contribution in [0.15, 0.2) is 36.4 Å². The number of hydrogen-bond acceptors (Lipinski definition) is 4. The van der Waals surface area contributed by atoms with Crippen molar-refractivity contribution in [3.05, 3.63) is 47.5 Å². The Balaban J connectivity index is 1.52. The Kier molecular flexibility index (Phi) is 8.47. The Morgan fingerprint density at radius 1 is 0.935 bits per heavy atom. The van der Waals surface area contributed by atoms with E-state index >= 15 is 0 Å². The summed E-state index contributed by atoms with van der Waals surface area (Å²) in [4.78, 5) is 10.6. The van der Waals surface area contributed by atoms with E-state index in [0.717, 1.165) is 42.0 Å². The molecule has 0 heterocycles. The van der Waals surface area contributed by atoms with Crippen LogP contribution in [0, 0.1) is 18.8 Å². The van der Waals surface area contributed by atoms with Crippen LogP contribution in [-0.4, -0.2) is 38.6 Å². The molecule has 3 rings (SSSR count). The van der Waals surface area contributed by atoms with Gasteiger partial charge >= 0.3 is 5.97 Å². The number of aliphatic carboxylic acids is 1. The lowest BCUT2D eigenvalue weighted by Gasteiger charge is -2.25. The highest BCUT2D eigenvalue weighted by atomic mass is 16.4. The zero-order valence-electron chi connectivity index (χ0n) is 18.4. The monoisotopic (exact) mass is 428 g/mol. The summed E-state index contributed by atoms with van der Waals surface area (Å²) < 4.78 is 0. The third kappa shape index (κ3) is 6.52. The molecule has 2 aromatic rings. The number of hydrogen-bond donors (Lipinski definition) is 4. The number of benzene rings is 2. The fourth-order valence-electron chi connectivity index (χ4n) is 5.10. The Morgan fingerprint density at radius 3 is 2.32 bits per heavy atom. The molecule has 1 saturated carbocycles. The molecule has 0 spiro atoms. The zero-order valence-corrected chi connectivity index (χ0v) is 18.4. The van der Waals surface area contributed by atoms with Gasteiger partial charge < -0.3 is 20.4 Å². The third-order valence-corrected chi connectivity index (χ3v) is 6.88. The summed E-state index contributed by atoms with van der Waals surface area (Å²) in [6, 6.07) is 12.3. The molecule has 0 aromatic heterocycles. The lowest BCUT2D eigenvalue weighted by molar-refractivity contribution is -0.137. The molecule has 1 aliphatic carbocycles. The predicted octanol–water partition coefficient (Wildman–Crippen LogP) is 4.74. The first-order chi connectivity index (χ1) is 14.8. The Hall–Kier alpha value is -1.95. The van der Waals surface area contributed by atoms with Crippen molar-refractivity contribution in [1.29, 1.82) is 0 Å². The van der Waals surface area contributed by atoms with Crippen LogP contribution >= 0.6 is 0 Å². The van der Waals surface area contributed by atoms with Crippen LogP contribution in [0.25, 0.3) is 10.8 Å². The highest BCUT2D eigenvalue weighted by Gasteiger charge is 2.40. The van der Waals surface area contributed by atoms with E-state index < -0.39 is 24.3 Å². The second-order valence-corrected chi connectivity index (χ2v) is 9.25. The highest BCUT2D eigenvalue weighted by molar-refractivity contribution is 5.83. The molecular formula is C26H36O5. The van der Waals surface area contributed by atoms with Crippen molar-refractivity contribution < 1.29 is 25.2 Å². The summed E-state index contributed by atoms with van der Waals surface area (Å²) in [7, 11) is 0. The molecule has 5 heteroatoms. The smallest absolute Gasteiger partial charge is 0.303 e. The van der Waals surface area contributed by atoms with Crippen molar-refractivity contribution in [1.82, 2.24) is 0 Å². The van der Waals surface area contributed by atoms with Crippen molar-refractivity contribution in [3.63, 3.8) is 0 Å². The van der Waals surface area contributed by atoms with E-state index in [9.17, 15) is 20.1 Å². The average molecular weight is 429 g/mol. The first kappa shape index (κ1) is 23.7. The first-order valence-electron chi connectivity index (χ1n) is 11.6. The van der Waals surface area contributed by atoms with Gasteiger partial charge in [0.05, 0.1) is 18.3 Å². The van der Waals surface area contributed by atoms with Crippen LogP contribution in [0.1, 0.15) is 75.0 Å². The van der Waals surface area contributed by atoms with E-state index in [4.69, 9.17) is 5.11 Å². The van der Waals surface area contributed by atoms with Crippen molar-refractivity contribution in [2.75, 3.05) is 0 Å². The van der Waals surface area contributed by atoms with E-state index in [-0.39, 0.29) is 18.3 Å². The van der Waals surface area contributed by atoms with E-state index in [2.05, 4.69) is 25.1 Å². The maximum Gasteiger partial charge on any atom is 0.303 e. The largest absolute Gasteiger partial charge is 0.481 e.